The Kier molecular flexibility index (Phi) is 4.15. The van der Waals surface area contributed by atoms with Crippen molar-refractivity contribution in [1.82, 2.24) is 16.0 Å². The quantitative estimate of drug-likeness (QED) is 0.359. The SMILES string of the molecule is CNC(=N)NC(=N)NCc1ccccc1. The summed E-state index contributed by atoms with van der Waals surface area (Å²) in [5.41, 5.74) is 1.10. The highest BCUT2D eigenvalue weighted by atomic mass is 15.2. The van der Waals surface area contributed by atoms with Gasteiger partial charge in [0.2, 0.25) is 0 Å². The zero-order chi connectivity index (χ0) is 11.1. The van der Waals surface area contributed by atoms with E-state index >= 15 is 0 Å². The zero-order valence-electron chi connectivity index (χ0n) is 8.59. The molecule has 0 aromatic heterocycles. The molecule has 5 heteroatoms. The van der Waals surface area contributed by atoms with Crippen molar-refractivity contribution >= 4 is 11.9 Å². The smallest absolute Gasteiger partial charge is 0.195 e. The second-order valence-corrected chi connectivity index (χ2v) is 2.96. The third-order valence-electron chi connectivity index (χ3n) is 1.81. The molecule has 0 aliphatic carbocycles. The van der Waals surface area contributed by atoms with Gasteiger partial charge in [0, 0.05) is 13.6 Å². The van der Waals surface area contributed by atoms with E-state index in [1.807, 2.05) is 30.3 Å². The Morgan fingerprint density at radius 2 is 1.80 bits per heavy atom. The molecule has 0 bridgehead atoms. The predicted octanol–water partition coefficient (Wildman–Crippen LogP) is 0.455. The maximum Gasteiger partial charge on any atom is 0.195 e. The van der Waals surface area contributed by atoms with Gasteiger partial charge in [-0.05, 0) is 5.56 Å². The molecule has 0 amide bonds. The van der Waals surface area contributed by atoms with E-state index in [2.05, 4.69) is 16.0 Å². The highest BCUT2D eigenvalue weighted by molar-refractivity contribution is 5.95. The molecule has 15 heavy (non-hydrogen) atoms. The van der Waals surface area contributed by atoms with Crippen molar-refractivity contribution in [1.29, 1.82) is 10.8 Å². The van der Waals surface area contributed by atoms with Gasteiger partial charge in [0.1, 0.15) is 0 Å². The molecule has 0 saturated heterocycles. The van der Waals surface area contributed by atoms with Crippen LogP contribution in [-0.4, -0.2) is 19.0 Å². The fraction of sp³-hybridized carbons (Fsp3) is 0.200. The summed E-state index contributed by atoms with van der Waals surface area (Å²) in [4.78, 5) is 0. The standard InChI is InChI=1S/C10H15N5/c1-13-9(11)15-10(12)14-7-8-5-3-2-4-6-8/h2-6H,7H2,1H3,(H5,11,12,13,14,15). The first-order valence-corrected chi connectivity index (χ1v) is 4.62. The molecule has 0 radical (unpaired) electrons. The van der Waals surface area contributed by atoms with E-state index < -0.39 is 0 Å². The van der Waals surface area contributed by atoms with Gasteiger partial charge in [-0.2, -0.15) is 0 Å². The molecular weight excluding hydrogens is 190 g/mol. The first-order chi connectivity index (χ1) is 7.22. The largest absolute Gasteiger partial charge is 0.359 e. The third-order valence-corrected chi connectivity index (χ3v) is 1.81. The van der Waals surface area contributed by atoms with E-state index in [-0.39, 0.29) is 11.9 Å². The number of nitrogens with one attached hydrogen (secondary N) is 5. The van der Waals surface area contributed by atoms with E-state index in [4.69, 9.17) is 10.8 Å². The Morgan fingerprint density at radius 3 is 2.40 bits per heavy atom. The van der Waals surface area contributed by atoms with Crippen molar-refractivity contribution in [2.75, 3.05) is 7.05 Å². The molecule has 0 aliphatic heterocycles. The lowest BCUT2D eigenvalue weighted by atomic mass is 10.2. The van der Waals surface area contributed by atoms with Crippen LogP contribution < -0.4 is 16.0 Å². The van der Waals surface area contributed by atoms with Crippen molar-refractivity contribution in [3.05, 3.63) is 35.9 Å². The minimum Gasteiger partial charge on any atom is -0.359 e. The number of hydrogen-bond acceptors (Lipinski definition) is 2. The van der Waals surface area contributed by atoms with E-state index in [0.717, 1.165) is 5.56 Å². The molecule has 0 fully saturated rings. The normalized spacial score (nSPS) is 9.13. The van der Waals surface area contributed by atoms with Gasteiger partial charge in [0.25, 0.3) is 0 Å². The number of guanidine groups is 2. The summed E-state index contributed by atoms with van der Waals surface area (Å²) in [7, 11) is 1.62. The van der Waals surface area contributed by atoms with E-state index in [1.165, 1.54) is 0 Å². The van der Waals surface area contributed by atoms with Gasteiger partial charge in [-0.3, -0.25) is 16.1 Å². The third kappa shape index (κ3) is 4.12. The number of benzene rings is 1. The van der Waals surface area contributed by atoms with Gasteiger partial charge in [-0.15, -0.1) is 0 Å². The Bertz CT molecular complexity index is 333. The van der Waals surface area contributed by atoms with Gasteiger partial charge in [0.05, 0.1) is 0 Å². The molecule has 1 aromatic rings. The molecular formula is C10H15N5. The minimum absolute atomic E-state index is 0.0977. The second-order valence-electron chi connectivity index (χ2n) is 2.96. The van der Waals surface area contributed by atoms with E-state index in [0.29, 0.717) is 6.54 Å². The fourth-order valence-electron chi connectivity index (χ4n) is 1.02. The maximum atomic E-state index is 7.47. The van der Waals surface area contributed by atoms with Crippen LogP contribution in [0.1, 0.15) is 5.56 Å². The second kappa shape index (κ2) is 5.64. The van der Waals surface area contributed by atoms with Gasteiger partial charge in [0.15, 0.2) is 11.9 Å². The van der Waals surface area contributed by atoms with Gasteiger partial charge in [-0.25, -0.2) is 0 Å². The zero-order valence-corrected chi connectivity index (χ0v) is 8.59. The highest BCUT2D eigenvalue weighted by Gasteiger charge is 1.97. The molecule has 5 nitrogen and oxygen atoms in total. The molecule has 1 aromatic carbocycles. The van der Waals surface area contributed by atoms with Crippen molar-refractivity contribution < 1.29 is 0 Å². The molecule has 0 aliphatic rings. The summed E-state index contributed by atoms with van der Waals surface area (Å²) in [6.07, 6.45) is 0. The summed E-state index contributed by atoms with van der Waals surface area (Å²) in [6.45, 7) is 0.573. The summed E-state index contributed by atoms with van der Waals surface area (Å²) in [6, 6.07) is 9.80. The molecule has 0 spiro atoms. The highest BCUT2D eigenvalue weighted by Crippen LogP contribution is 1.96. The lowest BCUT2D eigenvalue weighted by molar-refractivity contribution is 0.870. The first-order valence-electron chi connectivity index (χ1n) is 4.62. The van der Waals surface area contributed by atoms with Gasteiger partial charge in [-0.1, -0.05) is 30.3 Å². The summed E-state index contributed by atoms with van der Waals surface area (Å²) in [5, 5.41) is 22.7. The maximum absolute atomic E-state index is 7.47. The molecule has 80 valence electrons. The fourth-order valence-corrected chi connectivity index (χ4v) is 1.02. The monoisotopic (exact) mass is 205 g/mol. The van der Waals surface area contributed by atoms with Crippen LogP contribution in [0.4, 0.5) is 0 Å². The van der Waals surface area contributed by atoms with Crippen LogP contribution >= 0.6 is 0 Å². The van der Waals surface area contributed by atoms with Crippen molar-refractivity contribution in [2.24, 2.45) is 0 Å². The molecule has 0 heterocycles. The Morgan fingerprint density at radius 1 is 1.13 bits per heavy atom. The molecule has 0 unspecified atom stereocenters. The average molecular weight is 205 g/mol. The summed E-state index contributed by atoms with van der Waals surface area (Å²) in [5.74, 6) is 0.207. The predicted molar refractivity (Wildman–Crippen MR) is 60.9 cm³/mol. The van der Waals surface area contributed by atoms with Crippen molar-refractivity contribution in [3.8, 4) is 0 Å². The Balaban J connectivity index is 2.32. The Hall–Kier alpha value is -2.04. The minimum atomic E-state index is 0.0977. The van der Waals surface area contributed by atoms with Gasteiger partial charge >= 0.3 is 0 Å². The first kappa shape index (κ1) is 11.0. The molecule has 5 N–H and O–H groups in total. The summed E-state index contributed by atoms with van der Waals surface area (Å²) >= 11 is 0. The van der Waals surface area contributed by atoms with Crippen LogP contribution in [0.5, 0.6) is 0 Å². The van der Waals surface area contributed by atoms with Crippen LogP contribution in [0.15, 0.2) is 30.3 Å². The van der Waals surface area contributed by atoms with E-state index in [1.54, 1.807) is 7.05 Å². The van der Waals surface area contributed by atoms with Crippen molar-refractivity contribution in [3.63, 3.8) is 0 Å². The van der Waals surface area contributed by atoms with Crippen LogP contribution in [0, 0.1) is 10.8 Å². The number of rotatable bonds is 2. The van der Waals surface area contributed by atoms with Crippen LogP contribution in [0.2, 0.25) is 0 Å². The topological polar surface area (TPSA) is 83.8 Å². The molecule has 0 saturated carbocycles. The van der Waals surface area contributed by atoms with Gasteiger partial charge < -0.3 is 10.6 Å². The molecule has 1 rings (SSSR count). The van der Waals surface area contributed by atoms with E-state index in [9.17, 15) is 0 Å². The number of hydrogen-bond donors (Lipinski definition) is 5. The Labute approximate surface area is 88.9 Å². The summed E-state index contributed by atoms with van der Waals surface area (Å²) < 4.78 is 0. The van der Waals surface area contributed by atoms with Crippen LogP contribution in [-0.2, 0) is 6.54 Å². The van der Waals surface area contributed by atoms with Crippen molar-refractivity contribution in [2.45, 2.75) is 6.54 Å². The molecule has 0 atom stereocenters. The lowest BCUT2D eigenvalue weighted by Crippen LogP contribution is -2.44. The lowest BCUT2D eigenvalue weighted by Gasteiger charge is -2.10. The average Bonchev–Trinajstić information content (AvgIpc) is 2.27. The van der Waals surface area contributed by atoms with Crippen LogP contribution in [0.3, 0.4) is 0 Å². The van der Waals surface area contributed by atoms with Crippen LogP contribution in [0.25, 0.3) is 0 Å².